The summed E-state index contributed by atoms with van der Waals surface area (Å²) in [5.74, 6) is 1.79. The molecule has 3 aliphatic heterocycles. The van der Waals surface area contributed by atoms with Crippen LogP contribution in [0.5, 0.6) is 0 Å². The SMILES string of the molecule is CC1CCN(c2cc(C(=O)N3CCC(C)(N4CCOCC4)CC3)ccn2)C1. The van der Waals surface area contributed by atoms with Crippen LogP contribution >= 0.6 is 0 Å². The van der Waals surface area contributed by atoms with Gasteiger partial charge < -0.3 is 14.5 Å². The average molecular weight is 373 g/mol. The second kappa shape index (κ2) is 7.76. The van der Waals surface area contributed by atoms with Crippen molar-refractivity contribution in [3.05, 3.63) is 23.9 Å². The fourth-order valence-corrected chi connectivity index (χ4v) is 4.66. The maximum atomic E-state index is 13.1. The number of morpholine rings is 1. The number of nitrogens with zero attached hydrogens (tertiary/aromatic N) is 4. The first kappa shape index (κ1) is 18.7. The number of likely N-dealkylation sites (tertiary alicyclic amines) is 1. The molecule has 3 fully saturated rings. The van der Waals surface area contributed by atoms with Gasteiger partial charge in [0.25, 0.3) is 5.91 Å². The Hall–Kier alpha value is -1.66. The molecule has 4 heterocycles. The Labute approximate surface area is 162 Å². The monoisotopic (exact) mass is 372 g/mol. The lowest BCUT2D eigenvalue weighted by atomic mass is 9.87. The Balaban J connectivity index is 1.39. The molecule has 3 aliphatic rings. The fraction of sp³-hybridized carbons (Fsp3) is 0.714. The molecule has 6 heteroatoms. The van der Waals surface area contributed by atoms with Gasteiger partial charge in [-0.1, -0.05) is 6.92 Å². The summed E-state index contributed by atoms with van der Waals surface area (Å²) in [6, 6.07) is 3.84. The fourth-order valence-electron chi connectivity index (χ4n) is 4.66. The molecule has 1 aromatic rings. The van der Waals surface area contributed by atoms with E-state index in [0.29, 0.717) is 5.92 Å². The molecule has 4 rings (SSSR count). The van der Waals surface area contributed by atoms with Crippen LogP contribution in [-0.4, -0.2) is 78.7 Å². The molecular weight excluding hydrogens is 340 g/mol. The van der Waals surface area contributed by atoms with Gasteiger partial charge in [-0.05, 0) is 44.2 Å². The summed E-state index contributed by atoms with van der Waals surface area (Å²) in [7, 11) is 0. The van der Waals surface area contributed by atoms with Crippen LogP contribution in [0.2, 0.25) is 0 Å². The molecule has 0 bridgehead atoms. The lowest BCUT2D eigenvalue weighted by Crippen LogP contribution is -2.57. The third kappa shape index (κ3) is 3.97. The summed E-state index contributed by atoms with van der Waals surface area (Å²) >= 11 is 0. The van der Waals surface area contributed by atoms with Crippen LogP contribution in [-0.2, 0) is 4.74 Å². The van der Waals surface area contributed by atoms with Gasteiger partial charge in [-0.15, -0.1) is 0 Å². The number of hydrogen-bond donors (Lipinski definition) is 0. The molecule has 0 spiro atoms. The summed E-state index contributed by atoms with van der Waals surface area (Å²) in [5, 5.41) is 0. The summed E-state index contributed by atoms with van der Waals surface area (Å²) in [6.45, 7) is 12.0. The van der Waals surface area contributed by atoms with E-state index in [1.54, 1.807) is 6.20 Å². The molecule has 1 unspecified atom stereocenters. The van der Waals surface area contributed by atoms with Gasteiger partial charge in [-0.25, -0.2) is 4.98 Å². The van der Waals surface area contributed by atoms with Crippen LogP contribution in [0.15, 0.2) is 18.3 Å². The summed E-state index contributed by atoms with van der Waals surface area (Å²) in [6.07, 6.45) is 5.04. The zero-order chi connectivity index (χ0) is 18.9. The Morgan fingerprint density at radius 1 is 1.19 bits per heavy atom. The number of amides is 1. The van der Waals surface area contributed by atoms with E-state index in [1.165, 1.54) is 6.42 Å². The first-order valence-corrected chi connectivity index (χ1v) is 10.4. The second-order valence-electron chi connectivity index (χ2n) is 8.63. The van der Waals surface area contributed by atoms with Crippen molar-refractivity contribution in [1.82, 2.24) is 14.8 Å². The average Bonchev–Trinajstić information content (AvgIpc) is 3.15. The zero-order valence-electron chi connectivity index (χ0n) is 16.7. The van der Waals surface area contributed by atoms with Crippen molar-refractivity contribution in [3.8, 4) is 0 Å². The Kier molecular flexibility index (Phi) is 5.37. The zero-order valence-corrected chi connectivity index (χ0v) is 16.7. The van der Waals surface area contributed by atoms with Crippen molar-refractivity contribution in [2.75, 3.05) is 57.4 Å². The predicted octanol–water partition coefficient (Wildman–Crippen LogP) is 2.25. The van der Waals surface area contributed by atoms with Gasteiger partial charge in [0.2, 0.25) is 0 Å². The highest BCUT2D eigenvalue weighted by molar-refractivity contribution is 5.95. The summed E-state index contributed by atoms with van der Waals surface area (Å²) < 4.78 is 5.50. The van der Waals surface area contributed by atoms with E-state index in [1.807, 2.05) is 17.0 Å². The molecule has 1 amide bonds. The molecular formula is C21H32N4O2. The number of rotatable bonds is 3. The van der Waals surface area contributed by atoms with E-state index in [-0.39, 0.29) is 11.4 Å². The lowest BCUT2D eigenvalue weighted by molar-refractivity contribution is -0.0372. The number of carbonyl (C=O) groups is 1. The second-order valence-corrected chi connectivity index (χ2v) is 8.63. The van der Waals surface area contributed by atoms with Crippen molar-refractivity contribution >= 4 is 11.7 Å². The number of pyridine rings is 1. The molecule has 0 N–H and O–H groups in total. The van der Waals surface area contributed by atoms with Crippen molar-refractivity contribution in [1.29, 1.82) is 0 Å². The third-order valence-electron chi connectivity index (χ3n) is 6.64. The molecule has 1 aromatic heterocycles. The molecule has 27 heavy (non-hydrogen) atoms. The minimum Gasteiger partial charge on any atom is -0.379 e. The first-order valence-electron chi connectivity index (χ1n) is 10.4. The van der Waals surface area contributed by atoms with E-state index >= 15 is 0 Å². The molecule has 1 atom stereocenters. The molecule has 148 valence electrons. The predicted molar refractivity (Wildman–Crippen MR) is 106 cm³/mol. The largest absolute Gasteiger partial charge is 0.379 e. The van der Waals surface area contributed by atoms with E-state index in [2.05, 4.69) is 28.6 Å². The number of carbonyl (C=O) groups excluding carboxylic acids is 1. The van der Waals surface area contributed by atoms with Crippen LogP contribution in [0.1, 0.15) is 43.5 Å². The van der Waals surface area contributed by atoms with Gasteiger partial charge in [0.05, 0.1) is 13.2 Å². The van der Waals surface area contributed by atoms with Gasteiger partial charge in [0, 0.05) is 56.6 Å². The highest BCUT2D eigenvalue weighted by atomic mass is 16.5. The van der Waals surface area contributed by atoms with Crippen LogP contribution in [0.3, 0.4) is 0 Å². The minimum absolute atomic E-state index is 0.148. The lowest BCUT2D eigenvalue weighted by Gasteiger charge is -2.48. The van der Waals surface area contributed by atoms with Crippen LogP contribution in [0.4, 0.5) is 5.82 Å². The van der Waals surface area contributed by atoms with Crippen LogP contribution in [0, 0.1) is 5.92 Å². The van der Waals surface area contributed by atoms with Gasteiger partial charge in [-0.3, -0.25) is 9.69 Å². The number of anilines is 1. The maximum Gasteiger partial charge on any atom is 0.254 e. The molecule has 0 saturated carbocycles. The smallest absolute Gasteiger partial charge is 0.254 e. The van der Waals surface area contributed by atoms with Gasteiger partial charge >= 0.3 is 0 Å². The molecule has 0 aromatic carbocycles. The van der Waals surface area contributed by atoms with Gasteiger partial charge in [0.1, 0.15) is 5.82 Å². The number of hydrogen-bond acceptors (Lipinski definition) is 5. The van der Waals surface area contributed by atoms with Crippen molar-refractivity contribution in [2.45, 2.75) is 38.6 Å². The number of piperidine rings is 1. The topological polar surface area (TPSA) is 48.9 Å². The van der Waals surface area contributed by atoms with Gasteiger partial charge in [0.15, 0.2) is 0 Å². The minimum atomic E-state index is 0.148. The van der Waals surface area contributed by atoms with Crippen molar-refractivity contribution in [3.63, 3.8) is 0 Å². The van der Waals surface area contributed by atoms with E-state index < -0.39 is 0 Å². The molecule has 6 nitrogen and oxygen atoms in total. The molecule has 3 saturated heterocycles. The maximum absolute atomic E-state index is 13.1. The Bertz CT molecular complexity index is 666. The Morgan fingerprint density at radius 3 is 2.59 bits per heavy atom. The van der Waals surface area contributed by atoms with E-state index in [4.69, 9.17) is 4.74 Å². The molecule has 0 radical (unpaired) electrons. The number of ether oxygens (including phenoxy) is 1. The summed E-state index contributed by atoms with van der Waals surface area (Å²) in [4.78, 5) is 24.4. The normalized spacial score (nSPS) is 26.4. The van der Waals surface area contributed by atoms with E-state index in [9.17, 15) is 4.79 Å². The molecule has 0 aliphatic carbocycles. The van der Waals surface area contributed by atoms with Gasteiger partial charge in [-0.2, -0.15) is 0 Å². The van der Waals surface area contributed by atoms with Crippen LogP contribution in [0.25, 0.3) is 0 Å². The quantitative estimate of drug-likeness (QED) is 0.815. The van der Waals surface area contributed by atoms with Crippen molar-refractivity contribution in [2.24, 2.45) is 5.92 Å². The highest BCUT2D eigenvalue weighted by Gasteiger charge is 2.37. The standard InChI is InChI=1S/C21H32N4O2/c1-17-4-8-24(16-17)19-15-18(3-7-22-19)20(26)23-9-5-21(2,6-10-23)25-11-13-27-14-12-25/h3,7,15,17H,4-6,8-14,16H2,1-2H3. The summed E-state index contributed by atoms with van der Waals surface area (Å²) in [5.41, 5.74) is 0.963. The number of aromatic nitrogens is 1. The third-order valence-corrected chi connectivity index (χ3v) is 6.64. The van der Waals surface area contributed by atoms with E-state index in [0.717, 1.165) is 76.7 Å². The Morgan fingerprint density at radius 2 is 1.93 bits per heavy atom. The first-order chi connectivity index (χ1) is 13.0. The highest BCUT2D eigenvalue weighted by Crippen LogP contribution is 2.30. The van der Waals surface area contributed by atoms with Crippen molar-refractivity contribution < 1.29 is 9.53 Å². The van der Waals surface area contributed by atoms with Crippen LogP contribution < -0.4 is 4.90 Å².